The van der Waals surface area contributed by atoms with E-state index in [2.05, 4.69) is 12.0 Å². The molecule has 0 aliphatic heterocycles. The lowest BCUT2D eigenvalue weighted by Gasteiger charge is -2.07. The maximum Gasteiger partial charge on any atom is 0.339 e. The van der Waals surface area contributed by atoms with Gasteiger partial charge in [-0.2, -0.15) is 5.10 Å². The molecule has 0 aliphatic rings. The summed E-state index contributed by atoms with van der Waals surface area (Å²) >= 11 is 0. The van der Waals surface area contributed by atoms with Gasteiger partial charge in [0.2, 0.25) is 0 Å². The van der Waals surface area contributed by atoms with Gasteiger partial charge in [-0.15, -0.1) is 0 Å². The molecule has 0 spiro atoms. The lowest BCUT2D eigenvalue weighted by molar-refractivity contribution is 0.0697. The standard InChI is InChI=1S/C16H14N2O3/c1-2-11-5-7-12(8-6-11)18-15(14-4-3-9-21-14)13(10-17-18)16(19)20/h3-10H,2H2,1H3,(H,19,20). The fourth-order valence-electron chi connectivity index (χ4n) is 2.22. The maximum atomic E-state index is 11.4. The molecular weight excluding hydrogens is 268 g/mol. The number of hydrogen-bond donors (Lipinski definition) is 1. The second-order valence-corrected chi connectivity index (χ2v) is 4.62. The first-order valence-corrected chi connectivity index (χ1v) is 6.65. The van der Waals surface area contributed by atoms with Crippen LogP contribution in [0.15, 0.2) is 53.3 Å². The van der Waals surface area contributed by atoms with Gasteiger partial charge >= 0.3 is 5.97 Å². The van der Waals surface area contributed by atoms with E-state index < -0.39 is 5.97 Å². The summed E-state index contributed by atoms with van der Waals surface area (Å²) < 4.78 is 6.94. The number of aromatic carboxylic acids is 1. The van der Waals surface area contributed by atoms with Crippen molar-refractivity contribution in [1.82, 2.24) is 9.78 Å². The van der Waals surface area contributed by atoms with Crippen LogP contribution in [0.5, 0.6) is 0 Å². The number of aromatic nitrogens is 2. The third-order valence-electron chi connectivity index (χ3n) is 3.34. The van der Waals surface area contributed by atoms with Crippen molar-refractivity contribution < 1.29 is 14.3 Å². The van der Waals surface area contributed by atoms with Crippen LogP contribution in [0, 0.1) is 0 Å². The first kappa shape index (κ1) is 13.2. The molecule has 3 rings (SSSR count). The van der Waals surface area contributed by atoms with E-state index in [1.807, 2.05) is 24.3 Å². The summed E-state index contributed by atoms with van der Waals surface area (Å²) in [6.07, 6.45) is 3.80. The van der Waals surface area contributed by atoms with Crippen molar-refractivity contribution in [3.8, 4) is 17.1 Å². The molecule has 0 fully saturated rings. The van der Waals surface area contributed by atoms with Crippen molar-refractivity contribution >= 4 is 5.97 Å². The SMILES string of the molecule is CCc1ccc(-n2ncc(C(=O)O)c2-c2ccco2)cc1. The molecule has 5 nitrogen and oxygen atoms in total. The molecule has 0 saturated heterocycles. The van der Waals surface area contributed by atoms with E-state index in [1.165, 1.54) is 18.0 Å². The van der Waals surface area contributed by atoms with Crippen molar-refractivity contribution in [2.24, 2.45) is 0 Å². The monoisotopic (exact) mass is 282 g/mol. The molecule has 0 radical (unpaired) electrons. The van der Waals surface area contributed by atoms with E-state index in [0.717, 1.165) is 12.1 Å². The molecule has 0 unspecified atom stereocenters. The largest absolute Gasteiger partial charge is 0.478 e. The molecule has 0 amide bonds. The Morgan fingerprint density at radius 3 is 2.62 bits per heavy atom. The normalized spacial score (nSPS) is 10.7. The Bertz CT molecular complexity index is 755. The molecule has 0 bridgehead atoms. The van der Waals surface area contributed by atoms with Crippen LogP contribution in [0.4, 0.5) is 0 Å². The molecule has 106 valence electrons. The quantitative estimate of drug-likeness (QED) is 0.796. The number of benzene rings is 1. The average molecular weight is 282 g/mol. The van der Waals surface area contributed by atoms with E-state index in [-0.39, 0.29) is 5.56 Å². The molecule has 3 aromatic rings. The van der Waals surface area contributed by atoms with Gasteiger partial charge in [0.1, 0.15) is 11.3 Å². The molecule has 0 aliphatic carbocycles. The number of carbonyl (C=O) groups is 1. The van der Waals surface area contributed by atoms with Crippen molar-refractivity contribution in [3.05, 3.63) is 60.0 Å². The third-order valence-corrected chi connectivity index (χ3v) is 3.34. The van der Waals surface area contributed by atoms with Gasteiger partial charge in [0.25, 0.3) is 0 Å². The molecule has 1 aromatic carbocycles. The highest BCUT2D eigenvalue weighted by atomic mass is 16.4. The second-order valence-electron chi connectivity index (χ2n) is 4.62. The van der Waals surface area contributed by atoms with Crippen LogP contribution in [-0.2, 0) is 6.42 Å². The van der Waals surface area contributed by atoms with Crippen molar-refractivity contribution in [1.29, 1.82) is 0 Å². The number of nitrogens with zero attached hydrogens (tertiary/aromatic N) is 2. The van der Waals surface area contributed by atoms with E-state index in [9.17, 15) is 9.90 Å². The van der Waals surface area contributed by atoms with Gasteiger partial charge in [0.05, 0.1) is 18.1 Å². The molecule has 21 heavy (non-hydrogen) atoms. The highest BCUT2D eigenvalue weighted by Gasteiger charge is 2.21. The Balaban J connectivity index is 2.16. The van der Waals surface area contributed by atoms with Crippen LogP contribution in [0.2, 0.25) is 0 Å². The van der Waals surface area contributed by atoms with Crippen LogP contribution >= 0.6 is 0 Å². The topological polar surface area (TPSA) is 68.3 Å². The summed E-state index contributed by atoms with van der Waals surface area (Å²) in [7, 11) is 0. The number of carboxylic acids is 1. The van der Waals surface area contributed by atoms with Gasteiger partial charge in [-0.25, -0.2) is 9.48 Å². The average Bonchev–Trinajstić information content (AvgIpc) is 3.16. The Hall–Kier alpha value is -2.82. The van der Waals surface area contributed by atoms with Crippen LogP contribution in [0.1, 0.15) is 22.8 Å². The fourth-order valence-corrected chi connectivity index (χ4v) is 2.22. The minimum Gasteiger partial charge on any atom is -0.478 e. The zero-order chi connectivity index (χ0) is 14.8. The second kappa shape index (κ2) is 5.28. The first-order chi connectivity index (χ1) is 10.2. The highest BCUT2D eigenvalue weighted by Crippen LogP contribution is 2.27. The number of hydrogen-bond acceptors (Lipinski definition) is 3. The van der Waals surface area contributed by atoms with Crippen LogP contribution in [0.25, 0.3) is 17.1 Å². The summed E-state index contributed by atoms with van der Waals surface area (Å²) in [6, 6.07) is 11.3. The van der Waals surface area contributed by atoms with Gasteiger partial charge in [0, 0.05) is 0 Å². The molecule has 0 atom stereocenters. The lowest BCUT2D eigenvalue weighted by Crippen LogP contribution is -2.02. The Morgan fingerprint density at radius 1 is 1.29 bits per heavy atom. The van der Waals surface area contributed by atoms with E-state index in [1.54, 1.807) is 16.8 Å². The maximum absolute atomic E-state index is 11.4. The molecule has 1 N–H and O–H groups in total. The first-order valence-electron chi connectivity index (χ1n) is 6.65. The minimum absolute atomic E-state index is 0.115. The summed E-state index contributed by atoms with van der Waals surface area (Å²) in [6.45, 7) is 2.08. The summed E-state index contributed by atoms with van der Waals surface area (Å²) in [5, 5.41) is 13.5. The van der Waals surface area contributed by atoms with Crippen LogP contribution in [-0.4, -0.2) is 20.9 Å². The summed E-state index contributed by atoms with van der Waals surface area (Å²) in [5.74, 6) is -0.553. The number of aryl methyl sites for hydroxylation is 1. The lowest BCUT2D eigenvalue weighted by atomic mass is 10.1. The zero-order valence-electron chi connectivity index (χ0n) is 11.5. The molecule has 5 heteroatoms. The van der Waals surface area contributed by atoms with Gasteiger partial charge in [-0.05, 0) is 36.2 Å². The Kier molecular flexibility index (Phi) is 3.31. The molecule has 0 saturated carbocycles. The Labute approximate surface area is 121 Å². The third kappa shape index (κ3) is 2.33. The number of carboxylic acid groups (broad SMARTS) is 1. The number of rotatable bonds is 4. The fraction of sp³-hybridized carbons (Fsp3) is 0.125. The molecule has 2 aromatic heterocycles. The van der Waals surface area contributed by atoms with Crippen molar-refractivity contribution in [2.75, 3.05) is 0 Å². The summed E-state index contributed by atoms with van der Waals surface area (Å²) in [4.78, 5) is 11.4. The van der Waals surface area contributed by atoms with E-state index >= 15 is 0 Å². The van der Waals surface area contributed by atoms with Gasteiger partial charge in [0.15, 0.2) is 5.76 Å². The van der Waals surface area contributed by atoms with Crippen molar-refractivity contribution in [3.63, 3.8) is 0 Å². The van der Waals surface area contributed by atoms with Crippen LogP contribution < -0.4 is 0 Å². The van der Waals surface area contributed by atoms with Gasteiger partial charge in [-0.3, -0.25) is 0 Å². The number of furan rings is 1. The van der Waals surface area contributed by atoms with Gasteiger partial charge in [-0.1, -0.05) is 19.1 Å². The summed E-state index contributed by atoms with van der Waals surface area (Å²) in [5.41, 5.74) is 2.57. The van der Waals surface area contributed by atoms with Gasteiger partial charge < -0.3 is 9.52 Å². The Morgan fingerprint density at radius 2 is 2.05 bits per heavy atom. The van der Waals surface area contributed by atoms with E-state index in [0.29, 0.717) is 11.5 Å². The predicted octanol–water partition coefficient (Wildman–Crippen LogP) is 3.39. The molecule has 2 heterocycles. The zero-order valence-corrected chi connectivity index (χ0v) is 11.5. The molecular formula is C16H14N2O3. The smallest absolute Gasteiger partial charge is 0.339 e. The van der Waals surface area contributed by atoms with Crippen LogP contribution in [0.3, 0.4) is 0 Å². The predicted molar refractivity (Wildman–Crippen MR) is 77.6 cm³/mol. The van der Waals surface area contributed by atoms with E-state index in [4.69, 9.17) is 4.42 Å². The van der Waals surface area contributed by atoms with Crippen molar-refractivity contribution in [2.45, 2.75) is 13.3 Å². The highest BCUT2D eigenvalue weighted by molar-refractivity contribution is 5.94. The minimum atomic E-state index is -1.03.